The van der Waals surface area contributed by atoms with Crippen molar-refractivity contribution in [2.75, 3.05) is 5.32 Å². The molecule has 0 aliphatic heterocycles. The zero-order chi connectivity index (χ0) is 14.0. The molecule has 0 aliphatic rings. The standard InChI is InChI=1S/C12H9BrCl2N2OS/c13-6-5-9(19-11(6)15)10(12(16)18)17-8-4-2-1-3-7(8)14/h1-5,10,17H,(H2,16,18). The van der Waals surface area contributed by atoms with Gasteiger partial charge in [-0.1, -0.05) is 35.3 Å². The van der Waals surface area contributed by atoms with E-state index in [9.17, 15) is 4.79 Å². The lowest BCUT2D eigenvalue weighted by Crippen LogP contribution is -2.27. The Bertz CT molecular complexity index is 598. The van der Waals surface area contributed by atoms with Crippen molar-refractivity contribution in [3.8, 4) is 0 Å². The number of anilines is 1. The molecule has 0 saturated heterocycles. The van der Waals surface area contributed by atoms with Crippen molar-refractivity contribution in [2.24, 2.45) is 5.73 Å². The minimum absolute atomic E-state index is 0.495. The summed E-state index contributed by atoms with van der Waals surface area (Å²) in [4.78, 5) is 12.3. The molecule has 0 bridgehead atoms. The lowest BCUT2D eigenvalue weighted by Gasteiger charge is -2.16. The number of hydrogen-bond acceptors (Lipinski definition) is 3. The second kappa shape index (κ2) is 6.13. The van der Waals surface area contributed by atoms with E-state index in [4.69, 9.17) is 28.9 Å². The predicted molar refractivity (Wildman–Crippen MR) is 84.0 cm³/mol. The van der Waals surface area contributed by atoms with Crippen LogP contribution < -0.4 is 11.1 Å². The quantitative estimate of drug-likeness (QED) is 0.823. The van der Waals surface area contributed by atoms with Gasteiger partial charge in [-0.15, -0.1) is 11.3 Å². The van der Waals surface area contributed by atoms with Crippen LogP contribution >= 0.6 is 50.5 Å². The molecule has 1 aromatic carbocycles. The first kappa shape index (κ1) is 14.7. The molecule has 2 rings (SSSR count). The molecule has 3 N–H and O–H groups in total. The summed E-state index contributed by atoms with van der Waals surface area (Å²) in [5.41, 5.74) is 6.08. The van der Waals surface area contributed by atoms with Gasteiger partial charge in [0.1, 0.15) is 10.4 Å². The largest absolute Gasteiger partial charge is 0.368 e. The third-order valence-electron chi connectivity index (χ3n) is 2.41. The molecular weight excluding hydrogens is 371 g/mol. The van der Waals surface area contributed by atoms with E-state index in [1.54, 1.807) is 18.2 Å². The number of halogens is 3. The van der Waals surface area contributed by atoms with Crippen LogP contribution in [0, 0.1) is 0 Å². The SMILES string of the molecule is NC(=O)C(Nc1ccccc1Cl)c1cc(Br)c(Cl)s1. The summed E-state index contributed by atoms with van der Waals surface area (Å²) in [6.07, 6.45) is 0. The Labute approximate surface area is 132 Å². The molecule has 3 nitrogen and oxygen atoms in total. The van der Waals surface area contributed by atoms with Crippen molar-refractivity contribution in [2.45, 2.75) is 6.04 Å². The Morgan fingerprint density at radius 3 is 2.58 bits per heavy atom. The second-order valence-electron chi connectivity index (χ2n) is 3.73. The van der Waals surface area contributed by atoms with Gasteiger partial charge in [-0.3, -0.25) is 4.79 Å². The monoisotopic (exact) mass is 378 g/mol. The van der Waals surface area contributed by atoms with Crippen LogP contribution in [0.5, 0.6) is 0 Å². The number of nitrogens with one attached hydrogen (secondary N) is 1. The van der Waals surface area contributed by atoms with Gasteiger partial charge < -0.3 is 11.1 Å². The number of nitrogens with two attached hydrogens (primary N) is 1. The van der Waals surface area contributed by atoms with Crippen molar-refractivity contribution in [3.05, 3.63) is 49.0 Å². The molecule has 100 valence electrons. The van der Waals surface area contributed by atoms with Crippen molar-refractivity contribution < 1.29 is 4.79 Å². The first-order chi connectivity index (χ1) is 8.99. The predicted octanol–water partition coefficient (Wildman–Crippen LogP) is 4.46. The van der Waals surface area contributed by atoms with E-state index in [1.807, 2.05) is 12.1 Å². The minimum atomic E-state index is -0.673. The lowest BCUT2D eigenvalue weighted by atomic mass is 10.2. The van der Waals surface area contributed by atoms with Crippen LogP contribution in [0.2, 0.25) is 9.36 Å². The molecule has 1 atom stereocenters. The summed E-state index contributed by atoms with van der Waals surface area (Å²) in [6.45, 7) is 0. The normalized spacial score (nSPS) is 12.2. The highest BCUT2D eigenvalue weighted by molar-refractivity contribution is 9.10. The van der Waals surface area contributed by atoms with Crippen LogP contribution in [0.25, 0.3) is 0 Å². The summed E-state index contributed by atoms with van der Waals surface area (Å²) < 4.78 is 1.31. The van der Waals surface area contributed by atoms with Gasteiger partial charge >= 0.3 is 0 Å². The Balaban J connectivity index is 2.32. The van der Waals surface area contributed by atoms with E-state index >= 15 is 0 Å². The Morgan fingerprint density at radius 2 is 2.05 bits per heavy atom. The summed E-state index contributed by atoms with van der Waals surface area (Å²) >= 11 is 16.6. The number of thiophene rings is 1. The van der Waals surface area contributed by atoms with Gasteiger partial charge in [-0.05, 0) is 34.1 Å². The number of amides is 1. The van der Waals surface area contributed by atoms with Gasteiger partial charge in [-0.2, -0.15) is 0 Å². The summed E-state index contributed by atoms with van der Waals surface area (Å²) in [7, 11) is 0. The maximum Gasteiger partial charge on any atom is 0.245 e. The fourth-order valence-electron chi connectivity index (χ4n) is 1.52. The van der Waals surface area contributed by atoms with E-state index in [-0.39, 0.29) is 0 Å². The molecule has 1 amide bonds. The highest BCUT2D eigenvalue weighted by Crippen LogP contribution is 2.37. The number of rotatable bonds is 4. The average Bonchev–Trinajstić information content (AvgIpc) is 2.68. The third-order valence-corrected chi connectivity index (χ3v) is 5.28. The third kappa shape index (κ3) is 3.42. The molecular formula is C12H9BrCl2N2OS. The summed E-state index contributed by atoms with van der Waals surface area (Å²) in [5, 5.41) is 3.55. The molecule has 1 aromatic heterocycles. The van der Waals surface area contributed by atoms with E-state index in [2.05, 4.69) is 21.2 Å². The Morgan fingerprint density at radius 1 is 1.37 bits per heavy atom. The molecule has 1 unspecified atom stereocenters. The Hall–Kier alpha value is -0.750. The number of benzene rings is 1. The number of carbonyl (C=O) groups is 1. The Kier molecular flexibility index (Phi) is 4.73. The molecule has 7 heteroatoms. The smallest absolute Gasteiger partial charge is 0.245 e. The molecule has 0 spiro atoms. The molecule has 1 heterocycles. The maximum absolute atomic E-state index is 11.6. The van der Waals surface area contributed by atoms with Crippen molar-refractivity contribution >= 4 is 62.1 Å². The molecule has 0 aliphatic carbocycles. The van der Waals surface area contributed by atoms with Crippen LogP contribution in [0.3, 0.4) is 0 Å². The zero-order valence-corrected chi connectivity index (χ0v) is 13.4. The van der Waals surface area contributed by atoms with Crippen LogP contribution in [-0.4, -0.2) is 5.91 Å². The van der Waals surface area contributed by atoms with Crippen molar-refractivity contribution in [1.82, 2.24) is 0 Å². The minimum Gasteiger partial charge on any atom is -0.368 e. The average molecular weight is 380 g/mol. The number of carbonyl (C=O) groups excluding carboxylic acids is 1. The van der Waals surface area contributed by atoms with Gasteiger partial charge in [0.2, 0.25) is 5.91 Å². The van der Waals surface area contributed by atoms with Crippen LogP contribution in [0.1, 0.15) is 10.9 Å². The van der Waals surface area contributed by atoms with Gasteiger partial charge in [0.05, 0.1) is 10.7 Å². The van der Waals surface area contributed by atoms with E-state index in [0.29, 0.717) is 15.0 Å². The first-order valence-corrected chi connectivity index (χ1v) is 7.60. The van der Waals surface area contributed by atoms with Gasteiger partial charge in [-0.25, -0.2) is 0 Å². The zero-order valence-electron chi connectivity index (χ0n) is 9.49. The number of primary amides is 1. The van der Waals surface area contributed by atoms with Crippen molar-refractivity contribution in [3.63, 3.8) is 0 Å². The van der Waals surface area contributed by atoms with Crippen molar-refractivity contribution in [1.29, 1.82) is 0 Å². The molecule has 0 saturated carbocycles. The van der Waals surface area contributed by atoms with E-state index in [0.717, 1.165) is 9.35 Å². The van der Waals surface area contributed by atoms with Crippen LogP contribution in [-0.2, 0) is 4.79 Å². The second-order valence-corrected chi connectivity index (χ2v) is 6.68. The maximum atomic E-state index is 11.6. The van der Waals surface area contributed by atoms with Gasteiger partial charge in [0.25, 0.3) is 0 Å². The molecule has 2 aromatic rings. The molecule has 19 heavy (non-hydrogen) atoms. The van der Waals surface area contributed by atoms with E-state index < -0.39 is 11.9 Å². The van der Waals surface area contributed by atoms with Crippen LogP contribution in [0.15, 0.2) is 34.8 Å². The highest BCUT2D eigenvalue weighted by atomic mass is 79.9. The summed E-state index contributed by atoms with van der Waals surface area (Å²) in [5.74, 6) is -0.495. The number of para-hydroxylation sites is 1. The molecule has 0 fully saturated rings. The molecule has 0 radical (unpaired) electrons. The van der Waals surface area contributed by atoms with E-state index in [1.165, 1.54) is 11.3 Å². The van der Waals surface area contributed by atoms with Gasteiger partial charge in [0.15, 0.2) is 0 Å². The fraction of sp³-hybridized carbons (Fsp3) is 0.0833. The highest BCUT2D eigenvalue weighted by Gasteiger charge is 2.22. The topological polar surface area (TPSA) is 55.1 Å². The van der Waals surface area contributed by atoms with Gasteiger partial charge in [0, 0.05) is 9.35 Å². The summed E-state index contributed by atoms with van der Waals surface area (Å²) in [6, 6.07) is 8.25. The lowest BCUT2D eigenvalue weighted by molar-refractivity contribution is -0.118. The van der Waals surface area contributed by atoms with Crippen LogP contribution in [0.4, 0.5) is 5.69 Å². The first-order valence-electron chi connectivity index (χ1n) is 5.24. The fourth-order valence-corrected chi connectivity index (χ4v) is 3.51. The number of hydrogen-bond donors (Lipinski definition) is 2.